The number of anilines is 1. The summed E-state index contributed by atoms with van der Waals surface area (Å²) in [5.41, 5.74) is 1.99. The van der Waals surface area contributed by atoms with Crippen LogP contribution in [0.4, 0.5) is 5.95 Å². The van der Waals surface area contributed by atoms with Crippen molar-refractivity contribution in [1.82, 2.24) is 9.97 Å². The minimum atomic E-state index is -3.69. The second kappa shape index (κ2) is 5.95. The Bertz CT molecular complexity index is 849. The zero-order chi connectivity index (χ0) is 15.4. The van der Waals surface area contributed by atoms with E-state index in [9.17, 15) is 8.42 Å². The van der Waals surface area contributed by atoms with Crippen LogP contribution in [0.1, 0.15) is 0 Å². The van der Waals surface area contributed by atoms with Gasteiger partial charge in [-0.05, 0) is 29.3 Å². The largest absolute Gasteiger partial charge is 0.264 e. The summed E-state index contributed by atoms with van der Waals surface area (Å²) >= 11 is 0. The molecule has 0 spiro atoms. The van der Waals surface area contributed by atoms with Crippen molar-refractivity contribution in [3.8, 4) is 11.1 Å². The van der Waals surface area contributed by atoms with Gasteiger partial charge >= 0.3 is 0 Å². The number of hydrogen-bond donors (Lipinski definition) is 1. The van der Waals surface area contributed by atoms with Gasteiger partial charge in [0.05, 0.1) is 4.90 Å². The predicted octanol–water partition coefficient (Wildman–Crippen LogP) is 2.94. The molecule has 0 amide bonds. The number of nitrogens with zero attached hydrogens (tertiary/aromatic N) is 2. The molecule has 0 radical (unpaired) electrons. The van der Waals surface area contributed by atoms with Crippen LogP contribution in [-0.4, -0.2) is 18.4 Å². The van der Waals surface area contributed by atoms with Crippen LogP contribution in [0.3, 0.4) is 0 Å². The van der Waals surface area contributed by atoms with Gasteiger partial charge in [0.2, 0.25) is 5.95 Å². The van der Waals surface area contributed by atoms with E-state index in [2.05, 4.69) is 14.7 Å². The Hall–Kier alpha value is -2.73. The lowest BCUT2D eigenvalue weighted by molar-refractivity contribution is 0.601. The van der Waals surface area contributed by atoms with Crippen LogP contribution >= 0.6 is 0 Å². The Labute approximate surface area is 128 Å². The molecular formula is C16H13N3O2S. The standard InChI is InChI=1S/C16H13N3O2S/c20-22(21,19-16-17-11-4-12-18-16)15-9-7-14(8-10-15)13-5-2-1-3-6-13/h1-12H,(H,17,18,19). The van der Waals surface area contributed by atoms with Gasteiger partial charge in [-0.2, -0.15) is 0 Å². The molecule has 0 aliphatic heterocycles. The first-order valence-corrected chi connectivity index (χ1v) is 8.09. The molecule has 0 aliphatic carbocycles. The predicted molar refractivity (Wildman–Crippen MR) is 84.7 cm³/mol. The Morgan fingerprint density at radius 2 is 1.32 bits per heavy atom. The van der Waals surface area contributed by atoms with Crippen LogP contribution in [0.5, 0.6) is 0 Å². The number of aromatic nitrogens is 2. The van der Waals surface area contributed by atoms with Gasteiger partial charge in [0.15, 0.2) is 0 Å². The molecule has 0 atom stereocenters. The average molecular weight is 311 g/mol. The van der Waals surface area contributed by atoms with E-state index < -0.39 is 10.0 Å². The average Bonchev–Trinajstić information content (AvgIpc) is 2.56. The highest BCUT2D eigenvalue weighted by atomic mass is 32.2. The number of nitrogens with one attached hydrogen (secondary N) is 1. The summed E-state index contributed by atoms with van der Waals surface area (Å²) in [6.45, 7) is 0. The van der Waals surface area contributed by atoms with Crippen molar-refractivity contribution in [2.75, 3.05) is 4.72 Å². The van der Waals surface area contributed by atoms with Crippen molar-refractivity contribution < 1.29 is 8.42 Å². The molecule has 0 bridgehead atoms. The van der Waals surface area contributed by atoms with Crippen LogP contribution in [-0.2, 0) is 10.0 Å². The maximum absolute atomic E-state index is 12.3. The minimum absolute atomic E-state index is 0.0506. The van der Waals surface area contributed by atoms with Crippen molar-refractivity contribution in [3.05, 3.63) is 73.1 Å². The fraction of sp³-hybridized carbons (Fsp3) is 0. The van der Waals surface area contributed by atoms with Gasteiger partial charge < -0.3 is 0 Å². The van der Waals surface area contributed by atoms with Crippen LogP contribution in [0.25, 0.3) is 11.1 Å². The molecule has 6 heteroatoms. The molecule has 22 heavy (non-hydrogen) atoms. The van der Waals surface area contributed by atoms with E-state index in [4.69, 9.17) is 0 Å². The lowest BCUT2D eigenvalue weighted by atomic mass is 10.1. The van der Waals surface area contributed by atoms with E-state index in [1.807, 2.05) is 30.3 Å². The van der Waals surface area contributed by atoms with Crippen LogP contribution in [0.15, 0.2) is 78.0 Å². The molecule has 0 aliphatic rings. The molecule has 1 heterocycles. The topological polar surface area (TPSA) is 72.0 Å². The van der Waals surface area contributed by atoms with E-state index in [-0.39, 0.29) is 10.8 Å². The number of rotatable bonds is 4. The lowest BCUT2D eigenvalue weighted by Crippen LogP contribution is -2.14. The third kappa shape index (κ3) is 3.12. The number of hydrogen-bond acceptors (Lipinski definition) is 4. The van der Waals surface area contributed by atoms with Crippen LogP contribution in [0.2, 0.25) is 0 Å². The Morgan fingerprint density at radius 3 is 1.95 bits per heavy atom. The van der Waals surface area contributed by atoms with Crippen molar-refractivity contribution in [1.29, 1.82) is 0 Å². The summed E-state index contributed by atoms with van der Waals surface area (Å²) in [5.74, 6) is 0.0506. The second-order valence-electron chi connectivity index (χ2n) is 4.57. The lowest BCUT2D eigenvalue weighted by Gasteiger charge is -2.07. The van der Waals surface area contributed by atoms with Gasteiger partial charge in [-0.3, -0.25) is 0 Å². The van der Waals surface area contributed by atoms with Gasteiger partial charge in [-0.1, -0.05) is 42.5 Å². The smallest absolute Gasteiger partial charge is 0.247 e. The van der Waals surface area contributed by atoms with Crippen molar-refractivity contribution in [2.24, 2.45) is 0 Å². The molecule has 1 N–H and O–H groups in total. The monoisotopic (exact) mass is 311 g/mol. The van der Waals surface area contributed by atoms with E-state index >= 15 is 0 Å². The highest BCUT2D eigenvalue weighted by molar-refractivity contribution is 7.92. The van der Waals surface area contributed by atoms with Crippen LogP contribution in [0, 0.1) is 0 Å². The SMILES string of the molecule is O=S(=O)(Nc1ncccn1)c1ccc(-c2ccccc2)cc1. The summed E-state index contributed by atoms with van der Waals surface area (Å²) in [7, 11) is -3.69. The molecule has 5 nitrogen and oxygen atoms in total. The summed E-state index contributed by atoms with van der Waals surface area (Å²) in [6.07, 6.45) is 2.95. The van der Waals surface area contributed by atoms with Gasteiger partial charge in [0, 0.05) is 12.4 Å². The zero-order valence-electron chi connectivity index (χ0n) is 11.5. The Balaban J connectivity index is 1.86. The first-order chi connectivity index (χ1) is 10.6. The maximum Gasteiger partial charge on any atom is 0.264 e. The molecule has 1 aromatic heterocycles. The van der Waals surface area contributed by atoms with Gasteiger partial charge in [-0.15, -0.1) is 0 Å². The minimum Gasteiger partial charge on any atom is -0.247 e. The van der Waals surface area contributed by atoms with E-state index in [0.717, 1.165) is 11.1 Å². The summed E-state index contributed by atoms with van der Waals surface area (Å²) < 4.78 is 26.9. The molecule has 3 aromatic rings. The van der Waals surface area contributed by atoms with E-state index in [1.54, 1.807) is 30.3 Å². The normalized spacial score (nSPS) is 11.1. The third-order valence-corrected chi connectivity index (χ3v) is 4.41. The first-order valence-electron chi connectivity index (χ1n) is 6.60. The molecule has 0 fully saturated rings. The first kappa shape index (κ1) is 14.2. The fourth-order valence-electron chi connectivity index (χ4n) is 1.99. The molecule has 110 valence electrons. The van der Waals surface area contributed by atoms with Crippen molar-refractivity contribution in [2.45, 2.75) is 4.90 Å². The summed E-state index contributed by atoms with van der Waals surface area (Å²) in [4.78, 5) is 7.87. The molecular weight excluding hydrogens is 298 g/mol. The molecule has 0 saturated carbocycles. The molecule has 3 rings (SSSR count). The van der Waals surface area contributed by atoms with Crippen LogP contribution < -0.4 is 4.72 Å². The van der Waals surface area contributed by atoms with E-state index in [0.29, 0.717) is 0 Å². The van der Waals surface area contributed by atoms with Gasteiger partial charge in [-0.25, -0.2) is 23.1 Å². The maximum atomic E-state index is 12.3. The van der Waals surface area contributed by atoms with Gasteiger partial charge in [0.25, 0.3) is 10.0 Å². The van der Waals surface area contributed by atoms with E-state index in [1.165, 1.54) is 12.4 Å². The summed E-state index contributed by atoms with van der Waals surface area (Å²) in [5, 5.41) is 0. The second-order valence-corrected chi connectivity index (χ2v) is 6.25. The fourth-order valence-corrected chi connectivity index (χ4v) is 2.95. The quantitative estimate of drug-likeness (QED) is 0.804. The zero-order valence-corrected chi connectivity index (χ0v) is 12.4. The molecule has 0 saturated heterocycles. The number of benzene rings is 2. The number of sulfonamides is 1. The molecule has 0 unspecified atom stereocenters. The highest BCUT2D eigenvalue weighted by Gasteiger charge is 2.15. The Kier molecular flexibility index (Phi) is 3.84. The van der Waals surface area contributed by atoms with Gasteiger partial charge in [0.1, 0.15) is 0 Å². The molecule has 2 aromatic carbocycles. The Morgan fingerprint density at radius 1 is 0.727 bits per heavy atom. The van der Waals surface area contributed by atoms with Crippen molar-refractivity contribution >= 4 is 16.0 Å². The highest BCUT2D eigenvalue weighted by Crippen LogP contribution is 2.21. The third-order valence-electron chi connectivity index (χ3n) is 3.06. The van der Waals surface area contributed by atoms with Crippen molar-refractivity contribution in [3.63, 3.8) is 0 Å². The summed E-state index contributed by atoms with van der Waals surface area (Å²) in [6, 6.07) is 18.0.